The summed E-state index contributed by atoms with van der Waals surface area (Å²) in [6.45, 7) is 1.69. The van der Waals surface area contributed by atoms with E-state index in [1.54, 1.807) is 23.7 Å². The molecule has 0 fully saturated rings. The number of aromatic nitrogens is 4. The molecule has 1 aliphatic carbocycles. The summed E-state index contributed by atoms with van der Waals surface area (Å²) in [5.74, 6) is -0.239. The molecule has 1 unspecified atom stereocenters. The van der Waals surface area contributed by atoms with Gasteiger partial charge in [0.1, 0.15) is 5.82 Å². The van der Waals surface area contributed by atoms with Crippen LogP contribution >= 0.6 is 11.3 Å². The van der Waals surface area contributed by atoms with Crippen LogP contribution in [0.2, 0.25) is 0 Å². The van der Waals surface area contributed by atoms with Gasteiger partial charge in [-0.3, -0.25) is 0 Å². The number of hydrogen-bond acceptors (Lipinski definition) is 7. The summed E-state index contributed by atoms with van der Waals surface area (Å²) in [6.07, 6.45) is 2.82. The molecule has 0 N–H and O–H groups in total. The number of halogens is 1. The van der Waals surface area contributed by atoms with Crippen LogP contribution in [0.25, 0.3) is 16.5 Å². The van der Waals surface area contributed by atoms with E-state index in [9.17, 15) is 9.18 Å². The molecule has 158 valence electrons. The fourth-order valence-corrected chi connectivity index (χ4v) is 4.37. The van der Waals surface area contributed by atoms with Crippen molar-refractivity contribution in [2.45, 2.75) is 38.7 Å². The van der Waals surface area contributed by atoms with Gasteiger partial charge in [-0.1, -0.05) is 6.07 Å². The predicted molar refractivity (Wildman–Crippen MR) is 112 cm³/mol. The monoisotopic (exact) mass is 438 g/mol. The molecule has 4 aromatic rings. The third kappa shape index (κ3) is 3.76. The number of carbonyl (C=O) groups excluding carboxylic acids is 1. The zero-order chi connectivity index (χ0) is 21.4. The number of thiophene rings is 1. The van der Waals surface area contributed by atoms with Crippen LogP contribution in [0.3, 0.4) is 0 Å². The van der Waals surface area contributed by atoms with E-state index in [1.165, 1.54) is 23.5 Å². The Hall–Kier alpha value is -3.33. The van der Waals surface area contributed by atoms with Crippen molar-refractivity contribution in [3.63, 3.8) is 0 Å². The number of fused-ring (bicyclic) bond motifs is 1. The number of benzene rings is 1. The van der Waals surface area contributed by atoms with Gasteiger partial charge in [-0.05, 0) is 68.3 Å². The van der Waals surface area contributed by atoms with E-state index in [4.69, 9.17) is 9.15 Å². The van der Waals surface area contributed by atoms with E-state index >= 15 is 0 Å². The van der Waals surface area contributed by atoms with Crippen molar-refractivity contribution in [1.29, 1.82) is 0 Å². The molecular formula is C22H19FN4O3S. The number of carbonyl (C=O) groups is 1. The summed E-state index contributed by atoms with van der Waals surface area (Å²) in [5, 5.41) is 14.5. The lowest BCUT2D eigenvalue weighted by Gasteiger charge is -2.14. The number of nitrogens with zero attached hydrogens (tertiary/aromatic N) is 4. The largest absolute Gasteiger partial charge is 0.448 e. The molecule has 0 aliphatic heterocycles. The molecule has 3 aromatic heterocycles. The highest BCUT2D eigenvalue weighted by molar-refractivity contribution is 7.13. The van der Waals surface area contributed by atoms with Gasteiger partial charge in [0.25, 0.3) is 11.8 Å². The van der Waals surface area contributed by atoms with Gasteiger partial charge in [-0.25, -0.2) is 13.9 Å². The first-order valence-corrected chi connectivity index (χ1v) is 10.9. The van der Waals surface area contributed by atoms with Gasteiger partial charge in [0.05, 0.1) is 10.6 Å². The smallest absolute Gasteiger partial charge is 0.359 e. The van der Waals surface area contributed by atoms with Crippen LogP contribution in [0.4, 0.5) is 4.39 Å². The zero-order valence-electron chi connectivity index (χ0n) is 16.7. The fraction of sp³-hybridized carbons (Fsp3) is 0.273. The Morgan fingerprint density at radius 3 is 2.77 bits per heavy atom. The first kappa shape index (κ1) is 19.6. The van der Waals surface area contributed by atoms with Crippen LogP contribution in [0, 0.1) is 5.82 Å². The standard InChI is InChI=1S/C22H19FN4O3S/c1-13(20-24-25-21(30-20)18-7-4-12-31-18)29-22(28)19-16-5-2-3-6-17(16)27(26-19)15-10-8-14(23)9-11-15/h4,7-13H,2-3,5-6H2,1H3. The lowest BCUT2D eigenvalue weighted by molar-refractivity contribution is 0.0271. The summed E-state index contributed by atoms with van der Waals surface area (Å²) in [6, 6.07) is 9.85. The molecule has 9 heteroatoms. The van der Waals surface area contributed by atoms with E-state index in [-0.39, 0.29) is 17.4 Å². The van der Waals surface area contributed by atoms with Crippen molar-refractivity contribution in [3.8, 4) is 16.5 Å². The van der Waals surface area contributed by atoms with Gasteiger partial charge in [0, 0.05) is 11.3 Å². The minimum Gasteiger partial charge on any atom is -0.448 e. The minimum atomic E-state index is -0.719. The predicted octanol–water partition coefficient (Wildman–Crippen LogP) is 4.92. The minimum absolute atomic E-state index is 0.226. The first-order chi connectivity index (χ1) is 15.1. The highest BCUT2D eigenvalue weighted by atomic mass is 32.1. The second-order valence-corrected chi connectivity index (χ2v) is 8.29. The first-order valence-electron chi connectivity index (χ1n) is 10.0. The SMILES string of the molecule is CC(OC(=O)c1nn(-c2ccc(F)cc2)c2c1CCCC2)c1nnc(-c2cccs2)o1. The van der Waals surface area contributed by atoms with Crippen molar-refractivity contribution >= 4 is 17.3 Å². The number of esters is 1. The Balaban J connectivity index is 1.41. The lowest BCUT2D eigenvalue weighted by atomic mass is 9.95. The Kier molecular flexibility index (Phi) is 5.11. The Bertz CT molecular complexity index is 1210. The number of ether oxygens (including phenoxy) is 1. The van der Waals surface area contributed by atoms with E-state index in [0.29, 0.717) is 11.6 Å². The van der Waals surface area contributed by atoms with Crippen LogP contribution in [0.1, 0.15) is 53.5 Å². The molecule has 0 spiro atoms. The van der Waals surface area contributed by atoms with Crippen LogP contribution in [-0.2, 0) is 17.6 Å². The van der Waals surface area contributed by atoms with E-state index < -0.39 is 12.1 Å². The molecule has 1 aliphatic rings. The molecule has 1 atom stereocenters. The fourth-order valence-electron chi connectivity index (χ4n) is 3.72. The van der Waals surface area contributed by atoms with Crippen molar-refractivity contribution < 1.29 is 18.3 Å². The van der Waals surface area contributed by atoms with E-state index in [1.807, 2.05) is 17.5 Å². The lowest BCUT2D eigenvalue weighted by Crippen LogP contribution is -2.13. The van der Waals surface area contributed by atoms with Gasteiger partial charge in [0.15, 0.2) is 11.8 Å². The zero-order valence-corrected chi connectivity index (χ0v) is 17.6. The molecule has 0 saturated heterocycles. The molecule has 0 saturated carbocycles. The third-order valence-electron chi connectivity index (χ3n) is 5.25. The Morgan fingerprint density at radius 2 is 2.00 bits per heavy atom. The van der Waals surface area contributed by atoms with Gasteiger partial charge in [-0.2, -0.15) is 5.10 Å². The van der Waals surface area contributed by atoms with Crippen molar-refractivity contribution in [2.75, 3.05) is 0 Å². The van der Waals surface area contributed by atoms with Crippen LogP contribution < -0.4 is 0 Å². The van der Waals surface area contributed by atoms with E-state index in [2.05, 4.69) is 15.3 Å². The maximum Gasteiger partial charge on any atom is 0.359 e. The molecule has 0 radical (unpaired) electrons. The third-order valence-corrected chi connectivity index (χ3v) is 6.11. The second kappa shape index (κ2) is 8.07. The molecule has 31 heavy (non-hydrogen) atoms. The summed E-state index contributed by atoms with van der Waals surface area (Å²) >= 11 is 1.49. The molecule has 0 amide bonds. The van der Waals surface area contributed by atoms with Gasteiger partial charge >= 0.3 is 5.97 Å². The quantitative estimate of drug-likeness (QED) is 0.411. The average molecular weight is 438 g/mol. The topological polar surface area (TPSA) is 83.0 Å². The molecular weight excluding hydrogens is 419 g/mol. The van der Waals surface area contributed by atoms with Gasteiger partial charge < -0.3 is 9.15 Å². The van der Waals surface area contributed by atoms with Crippen LogP contribution in [0.15, 0.2) is 46.2 Å². The molecule has 7 nitrogen and oxygen atoms in total. The second-order valence-electron chi connectivity index (χ2n) is 7.34. The number of rotatable bonds is 5. The van der Waals surface area contributed by atoms with Gasteiger partial charge in [0.2, 0.25) is 0 Å². The maximum atomic E-state index is 13.3. The van der Waals surface area contributed by atoms with Crippen LogP contribution in [-0.4, -0.2) is 25.9 Å². The van der Waals surface area contributed by atoms with Crippen molar-refractivity contribution in [3.05, 3.63) is 70.4 Å². The normalized spacial score (nSPS) is 14.3. The average Bonchev–Trinajstić information content (AvgIpc) is 3.53. The highest BCUT2D eigenvalue weighted by Gasteiger charge is 2.29. The maximum absolute atomic E-state index is 13.3. The van der Waals surface area contributed by atoms with E-state index in [0.717, 1.165) is 41.8 Å². The van der Waals surface area contributed by atoms with Crippen molar-refractivity contribution in [1.82, 2.24) is 20.0 Å². The van der Waals surface area contributed by atoms with Gasteiger partial charge in [-0.15, -0.1) is 21.5 Å². The summed E-state index contributed by atoms with van der Waals surface area (Å²) in [4.78, 5) is 13.8. The summed E-state index contributed by atoms with van der Waals surface area (Å²) in [7, 11) is 0. The molecule has 1 aromatic carbocycles. The highest BCUT2D eigenvalue weighted by Crippen LogP contribution is 2.30. The summed E-state index contributed by atoms with van der Waals surface area (Å²) in [5.41, 5.74) is 2.85. The molecule has 0 bridgehead atoms. The van der Waals surface area contributed by atoms with Crippen LogP contribution in [0.5, 0.6) is 0 Å². The summed E-state index contributed by atoms with van der Waals surface area (Å²) < 4.78 is 26.4. The Labute approximate surface area is 181 Å². The Morgan fingerprint density at radius 1 is 1.19 bits per heavy atom. The van der Waals surface area contributed by atoms with Crippen molar-refractivity contribution in [2.24, 2.45) is 0 Å². The number of hydrogen-bond donors (Lipinski definition) is 0. The molecule has 5 rings (SSSR count). The molecule has 3 heterocycles.